The molecule has 1 aliphatic rings. The van der Waals surface area contributed by atoms with Gasteiger partial charge in [0.2, 0.25) is 5.95 Å². The van der Waals surface area contributed by atoms with Crippen LogP contribution < -0.4 is 10.1 Å². The molecular formula is C9H12N4O4. The minimum Gasteiger partial charge on any atom is -0.464 e. The van der Waals surface area contributed by atoms with Gasteiger partial charge in [0, 0.05) is 7.05 Å². The van der Waals surface area contributed by atoms with Crippen molar-refractivity contribution in [1.82, 2.24) is 9.97 Å². The number of ether oxygens (including phenoxy) is 2. The Balaban J connectivity index is 2.36. The van der Waals surface area contributed by atoms with Crippen LogP contribution in [0, 0.1) is 17.0 Å². The summed E-state index contributed by atoms with van der Waals surface area (Å²) in [5, 5.41) is 13.7. The molecule has 0 bridgehead atoms. The van der Waals surface area contributed by atoms with Gasteiger partial charge in [-0.2, -0.15) is 4.98 Å². The average molecular weight is 240 g/mol. The number of hydrogen-bond acceptors (Lipinski definition) is 7. The van der Waals surface area contributed by atoms with Crippen molar-refractivity contribution in [1.29, 1.82) is 0 Å². The lowest BCUT2D eigenvalue weighted by molar-refractivity contribution is -0.387. The molecule has 1 N–H and O–H groups in total. The first-order valence-electron chi connectivity index (χ1n) is 5.07. The van der Waals surface area contributed by atoms with Crippen LogP contribution in [0.2, 0.25) is 0 Å². The lowest BCUT2D eigenvalue weighted by Crippen LogP contribution is -2.39. The maximum Gasteiger partial charge on any atom is 0.352 e. The van der Waals surface area contributed by atoms with Gasteiger partial charge < -0.3 is 14.8 Å². The van der Waals surface area contributed by atoms with Crippen LogP contribution in [0.4, 0.5) is 11.6 Å². The molecule has 8 nitrogen and oxygen atoms in total. The summed E-state index contributed by atoms with van der Waals surface area (Å²) in [6, 6.07) is 0. The van der Waals surface area contributed by atoms with Crippen molar-refractivity contribution in [2.75, 3.05) is 25.6 Å². The zero-order chi connectivity index (χ0) is 12.4. The van der Waals surface area contributed by atoms with Gasteiger partial charge in [-0.15, -0.1) is 0 Å². The van der Waals surface area contributed by atoms with E-state index in [1.165, 1.54) is 0 Å². The summed E-state index contributed by atoms with van der Waals surface area (Å²) in [7, 11) is 1.64. The highest BCUT2D eigenvalue weighted by molar-refractivity contribution is 5.48. The zero-order valence-electron chi connectivity index (χ0n) is 9.47. The van der Waals surface area contributed by atoms with Crippen molar-refractivity contribution in [2.45, 2.75) is 13.0 Å². The highest BCUT2D eigenvalue weighted by Crippen LogP contribution is 2.30. The Kier molecular flexibility index (Phi) is 3.05. The van der Waals surface area contributed by atoms with Gasteiger partial charge in [0.15, 0.2) is 0 Å². The minimum absolute atomic E-state index is 0.0137. The van der Waals surface area contributed by atoms with E-state index in [-0.39, 0.29) is 23.4 Å². The number of anilines is 1. The second kappa shape index (κ2) is 4.50. The first-order valence-corrected chi connectivity index (χ1v) is 5.07. The molecule has 0 atom stereocenters. The van der Waals surface area contributed by atoms with E-state index in [2.05, 4.69) is 15.3 Å². The summed E-state index contributed by atoms with van der Waals surface area (Å²) in [6.07, 6.45) is -0.173. The van der Waals surface area contributed by atoms with Crippen LogP contribution in [0.3, 0.4) is 0 Å². The second-order valence-corrected chi connectivity index (χ2v) is 3.57. The first-order chi connectivity index (χ1) is 8.11. The van der Waals surface area contributed by atoms with E-state index in [9.17, 15) is 10.1 Å². The average Bonchev–Trinajstić information content (AvgIpc) is 2.22. The minimum atomic E-state index is -0.538. The van der Waals surface area contributed by atoms with E-state index in [0.29, 0.717) is 19.2 Å². The van der Waals surface area contributed by atoms with E-state index < -0.39 is 4.92 Å². The van der Waals surface area contributed by atoms with E-state index in [0.717, 1.165) is 0 Å². The molecule has 1 fully saturated rings. The molecule has 1 aromatic heterocycles. The topological polar surface area (TPSA) is 99.4 Å². The van der Waals surface area contributed by atoms with E-state index in [1.807, 2.05) is 0 Å². The number of hydrogen-bond donors (Lipinski definition) is 1. The van der Waals surface area contributed by atoms with Crippen LogP contribution in [0.1, 0.15) is 5.69 Å². The van der Waals surface area contributed by atoms with E-state index >= 15 is 0 Å². The van der Waals surface area contributed by atoms with Crippen LogP contribution in [0.15, 0.2) is 0 Å². The van der Waals surface area contributed by atoms with Gasteiger partial charge in [-0.25, -0.2) is 4.98 Å². The van der Waals surface area contributed by atoms with Crippen LogP contribution in [-0.4, -0.2) is 41.3 Å². The SMILES string of the molecule is CNc1nc(C)c([N+](=O)[O-])c(OC2COC2)n1. The van der Waals surface area contributed by atoms with Crippen molar-refractivity contribution in [3.63, 3.8) is 0 Å². The predicted octanol–water partition coefficient (Wildman–Crippen LogP) is 0.513. The lowest BCUT2D eigenvalue weighted by atomic mass is 10.3. The summed E-state index contributed by atoms with van der Waals surface area (Å²) in [5.74, 6) is 0.281. The highest BCUT2D eigenvalue weighted by Gasteiger charge is 2.28. The van der Waals surface area contributed by atoms with Gasteiger partial charge in [-0.05, 0) is 6.92 Å². The third-order valence-electron chi connectivity index (χ3n) is 2.32. The highest BCUT2D eigenvalue weighted by atomic mass is 16.6. The number of rotatable bonds is 4. The van der Waals surface area contributed by atoms with Crippen LogP contribution in [0.5, 0.6) is 5.88 Å². The Hall–Kier alpha value is -1.96. The molecule has 0 aliphatic carbocycles. The van der Waals surface area contributed by atoms with Gasteiger partial charge in [0.05, 0.1) is 18.1 Å². The Bertz CT molecular complexity index is 447. The van der Waals surface area contributed by atoms with E-state index in [4.69, 9.17) is 9.47 Å². The van der Waals surface area contributed by atoms with E-state index in [1.54, 1.807) is 14.0 Å². The molecule has 0 unspecified atom stereocenters. The van der Waals surface area contributed by atoms with Crippen molar-refractivity contribution in [3.8, 4) is 5.88 Å². The number of nitrogens with one attached hydrogen (secondary N) is 1. The molecule has 1 aliphatic heterocycles. The Morgan fingerprint density at radius 3 is 2.71 bits per heavy atom. The number of nitro groups is 1. The van der Waals surface area contributed by atoms with Gasteiger partial charge in [0.1, 0.15) is 11.8 Å². The maximum atomic E-state index is 10.9. The molecule has 0 amide bonds. The van der Waals surface area contributed by atoms with Crippen molar-refractivity contribution >= 4 is 11.6 Å². The zero-order valence-corrected chi connectivity index (χ0v) is 9.47. The molecule has 92 valence electrons. The molecule has 0 spiro atoms. The quantitative estimate of drug-likeness (QED) is 0.604. The van der Waals surface area contributed by atoms with Gasteiger partial charge in [-0.3, -0.25) is 10.1 Å². The standard InChI is InChI=1S/C9H12N4O4/c1-5-7(13(14)15)8(12-9(10-2)11-5)17-6-3-16-4-6/h6H,3-4H2,1-2H3,(H,10,11,12). The molecule has 0 radical (unpaired) electrons. The fourth-order valence-electron chi connectivity index (χ4n) is 1.38. The van der Waals surface area contributed by atoms with Gasteiger partial charge in [0.25, 0.3) is 5.88 Å². The van der Waals surface area contributed by atoms with Gasteiger partial charge >= 0.3 is 5.69 Å². The maximum absolute atomic E-state index is 10.9. The normalized spacial score (nSPS) is 15.2. The largest absolute Gasteiger partial charge is 0.464 e. The molecule has 1 aromatic rings. The Labute approximate surface area is 97.1 Å². The van der Waals surface area contributed by atoms with Crippen molar-refractivity contribution in [3.05, 3.63) is 15.8 Å². The molecule has 0 aromatic carbocycles. The summed E-state index contributed by atoms with van der Waals surface area (Å²) >= 11 is 0. The molecule has 8 heteroatoms. The molecular weight excluding hydrogens is 228 g/mol. The fraction of sp³-hybridized carbons (Fsp3) is 0.556. The summed E-state index contributed by atoms with van der Waals surface area (Å²) in [4.78, 5) is 18.3. The van der Waals surface area contributed by atoms with Gasteiger partial charge in [-0.1, -0.05) is 0 Å². The first kappa shape index (κ1) is 11.5. The Morgan fingerprint density at radius 2 is 2.24 bits per heavy atom. The third-order valence-corrected chi connectivity index (χ3v) is 2.32. The molecule has 0 saturated carbocycles. The molecule has 2 heterocycles. The predicted molar refractivity (Wildman–Crippen MR) is 58.2 cm³/mol. The monoisotopic (exact) mass is 240 g/mol. The number of aromatic nitrogens is 2. The van der Waals surface area contributed by atoms with Crippen LogP contribution in [-0.2, 0) is 4.74 Å². The fourth-order valence-corrected chi connectivity index (χ4v) is 1.38. The molecule has 1 saturated heterocycles. The summed E-state index contributed by atoms with van der Waals surface area (Å²) in [5.41, 5.74) is 0.0699. The molecule has 2 rings (SSSR count). The third kappa shape index (κ3) is 2.26. The summed E-state index contributed by atoms with van der Waals surface area (Å²) < 4.78 is 10.3. The number of aryl methyl sites for hydroxylation is 1. The number of nitrogens with zero attached hydrogens (tertiary/aromatic N) is 3. The summed E-state index contributed by atoms with van der Waals surface area (Å²) in [6.45, 7) is 2.40. The van der Waals surface area contributed by atoms with Crippen molar-refractivity contribution < 1.29 is 14.4 Å². The lowest BCUT2D eigenvalue weighted by Gasteiger charge is -2.26. The van der Waals surface area contributed by atoms with Crippen LogP contribution >= 0.6 is 0 Å². The molecule has 17 heavy (non-hydrogen) atoms. The Morgan fingerprint density at radius 1 is 1.53 bits per heavy atom. The smallest absolute Gasteiger partial charge is 0.352 e. The van der Waals surface area contributed by atoms with Crippen molar-refractivity contribution in [2.24, 2.45) is 0 Å². The van der Waals surface area contributed by atoms with Crippen LogP contribution in [0.25, 0.3) is 0 Å². The second-order valence-electron chi connectivity index (χ2n) is 3.57.